The van der Waals surface area contributed by atoms with Gasteiger partial charge in [0.2, 0.25) is 5.91 Å². The molecular formula is C17H20N2O. The van der Waals surface area contributed by atoms with Gasteiger partial charge in [0, 0.05) is 0 Å². The summed E-state index contributed by atoms with van der Waals surface area (Å²) in [5.74, 6) is -0.120. The topological polar surface area (TPSA) is 55.1 Å². The van der Waals surface area contributed by atoms with Gasteiger partial charge in [-0.05, 0) is 24.5 Å². The van der Waals surface area contributed by atoms with Crippen LogP contribution in [0.1, 0.15) is 24.1 Å². The van der Waals surface area contributed by atoms with E-state index in [9.17, 15) is 4.79 Å². The van der Waals surface area contributed by atoms with Crippen molar-refractivity contribution in [2.75, 3.05) is 0 Å². The van der Waals surface area contributed by atoms with Crippen molar-refractivity contribution in [3.63, 3.8) is 0 Å². The van der Waals surface area contributed by atoms with Gasteiger partial charge < -0.3 is 11.1 Å². The molecule has 2 aromatic rings. The monoisotopic (exact) mass is 268 g/mol. The molecule has 0 bridgehead atoms. The summed E-state index contributed by atoms with van der Waals surface area (Å²) in [5.41, 5.74) is 8.11. The van der Waals surface area contributed by atoms with Gasteiger partial charge in [0.1, 0.15) is 0 Å². The van der Waals surface area contributed by atoms with Crippen molar-refractivity contribution in [1.82, 2.24) is 5.32 Å². The van der Waals surface area contributed by atoms with Gasteiger partial charge in [0.15, 0.2) is 0 Å². The molecule has 2 unspecified atom stereocenters. The van der Waals surface area contributed by atoms with Gasteiger partial charge in [-0.15, -0.1) is 0 Å². The number of rotatable bonds is 5. The Morgan fingerprint density at radius 2 is 1.60 bits per heavy atom. The second-order valence-corrected chi connectivity index (χ2v) is 4.94. The lowest BCUT2D eigenvalue weighted by molar-refractivity contribution is -0.123. The Morgan fingerprint density at radius 3 is 2.20 bits per heavy atom. The van der Waals surface area contributed by atoms with Gasteiger partial charge in [-0.1, -0.05) is 60.7 Å². The first kappa shape index (κ1) is 14.3. The van der Waals surface area contributed by atoms with E-state index in [0.29, 0.717) is 6.42 Å². The number of carbonyl (C=O) groups is 1. The maximum atomic E-state index is 12.1. The summed E-state index contributed by atoms with van der Waals surface area (Å²) in [6, 6.07) is 19.1. The van der Waals surface area contributed by atoms with Gasteiger partial charge in [0.25, 0.3) is 0 Å². The molecule has 2 aromatic carbocycles. The first-order valence-electron chi connectivity index (χ1n) is 6.81. The maximum Gasteiger partial charge on any atom is 0.237 e. The highest BCUT2D eigenvalue weighted by atomic mass is 16.2. The Bertz CT molecular complexity index is 539. The van der Waals surface area contributed by atoms with Crippen LogP contribution in [0.3, 0.4) is 0 Å². The van der Waals surface area contributed by atoms with Crippen LogP contribution in [0.25, 0.3) is 0 Å². The predicted octanol–water partition coefficient (Wildman–Crippen LogP) is 2.43. The number of nitrogens with two attached hydrogens (primary N) is 1. The van der Waals surface area contributed by atoms with Gasteiger partial charge >= 0.3 is 0 Å². The SMILES string of the molecule is CC(NC(=O)C(N)Cc1ccccc1)c1ccccc1. The molecule has 3 N–H and O–H groups in total. The average Bonchev–Trinajstić information content (AvgIpc) is 2.49. The fourth-order valence-corrected chi connectivity index (χ4v) is 2.11. The van der Waals surface area contributed by atoms with E-state index in [-0.39, 0.29) is 11.9 Å². The Labute approximate surface area is 119 Å². The molecule has 0 saturated carbocycles. The van der Waals surface area contributed by atoms with Crippen molar-refractivity contribution in [3.8, 4) is 0 Å². The minimum Gasteiger partial charge on any atom is -0.348 e. The molecule has 0 aliphatic heterocycles. The van der Waals surface area contributed by atoms with Crippen molar-refractivity contribution >= 4 is 5.91 Å². The van der Waals surface area contributed by atoms with E-state index in [1.54, 1.807) is 0 Å². The standard InChI is InChI=1S/C17H20N2O/c1-13(15-10-6-3-7-11-15)19-17(20)16(18)12-14-8-4-2-5-9-14/h2-11,13,16H,12,18H2,1H3,(H,19,20). The molecule has 2 atom stereocenters. The van der Waals surface area contributed by atoms with Crippen LogP contribution < -0.4 is 11.1 Å². The van der Waals surface area contributed by atoms with E-state index in [0.717, 1.165) is 11.1 Å². The van der Waals surface area contributed by atoms with Crippen molar-refractivity contribution in [2.24, 2.45) is 5.73 Å². The summed E-state index contributed by atoms with van der Waals surface area (Å²) in [7, 11) is 0. The van der Waals surface area contributed by atoms with E-state index >= 15 is 0 Å². The van der Waals surface area contributed by atoms with Crippen LogP contribution in [0.2, 0.25) is 0 Å². The normalized spacial score (nSPS) is 13.5. The second-order valence-electron chi connectivity index (χ2n) is 4.94. The largest absolute Gasteiger partial charge is 0.348 e. The number of carbonyl (C=O) groups excluding carboxylic acids is 1. The molecule has 0 spiro atoms. The molecule has 3 nitrogen and oxygen atoms in total. The first-order chi connectivity index (χ1) is 9.66. The van der Waals surface area contributed by atoms with E-state index in [4.69, 9.17) is 5.73 Å². The van der Waals surface area contributed by atoms with Gasteiger partial charge in [-0.3, -0.25) is 4.79 Å². The van der Waals surface area contributed by atoms with Crippen LogP contribution in [-0.2, 0) is 11.2 Å². The second kappa shape index (κ2) is 6.87. The van der Waals surface area contributed by atoms with Crippen molar-refractivity contribution < 1.29 is 4.79 Å². The van der Waals surface area contributed by atoms with Gasteiger partial charge in [0.05, 0.1) is 12.1 Å². The summed E-state index contributed by atoms with van der Waals surface area (Å²) in [6.45, 7) is 1.96. The summed E-state index contributed by atoms with van der Waals surface area (Å²) < 4.78 is 0. The summed E-state index contributed by atoms with van der Waals surface area (Å²) in [6.07, 6.45) is 0.550. The number of hydrogen-bond acceptors (Lipinski definition) is 2. The van der Waals surface area contributed by atoms with Crippen LogP contribution in [0.5, 0.6) is 0 Å². The van der Waals surface area contributed by atoms with Crippen LogP contribution >= 0.6 is 0 Å². The molecule has 104 valence electrons. The zero-order valence-corrected chi connectivity index (χ0v) is 11.6. The molecule has 0 aliphatic rings. The van der Waals surface area contributed by atoms with Crippen LogP contribution in [-0.4, -0.2) is 11.9 Å². The molecule has 20 heavy (non-hydrogen) atoms. The molecule has 0 heterocycles. The van der Waals surface area contributed by atoms with Crippen LogP contribution in [0, 0.1) is 0 Å². The zero-order valence-electron chi connectivity index (χ0n) is 11.6. The van der Waals surface area contributed by atoms with Gasteiger partial charge in [-0.25, -0.2) is 0 Å². The lowest BCUT2D eigenvalue weighted by Crippen LogP contribution is -2.42. The fourth-order valence-electron chi connectivity index (χ4n) is 2.11. The third-order valence-electron chi connectivity index (χ3n) is 3.29. The number of benzene rings is 2. The molecule has 0 aliphatic carbocycles. The zero-order chi connectivity index (χ0) is 14.4. The molecule has 0 radical (unpaired) electrons. The minimum atomic E-state index is -0.524. The molecule has 0 saturated heterocycles. The van der Waals surface area contributed by atoms with Gasteiger partial charge in [-0.2, -0.15) is 0 Å². The summed E-state index contributed by atoms with van der Waals surface area (Å²) >= 11 is 0. The fraction of sp³-hybridized carbons (Fsp3) is 0.235. The highest BCUT2D eigenvalue weighted by molar-refractivity contribution is 5.82. The Balaban J connectivity index is 1.91. The van der Waals surface area contributed by atoms with E-state index in [1.807, 2.05) is 67.6 Å². The number of amides is 1. The quantitative estimate of drug-likeness (QED) is 0.875. The van der Waals surface area contributed by atoms with Crippen molar-refractivity contribution in [1.29, 1.82) is 0 Å². The number of nitrogens with one attached hydrogen (secondary N) is 1. The lowest BCUT2D eigenvalue weighted by atomic mass is 10.0. The van der Waals surface area contributed by atoms with E-state index in [2.05, 4.69) is 5.32 Å². The molecular weight excluding hydrogens is 248 g/mol. The highest BCUT2D eigenvalue weighted by Gasteiger charge is 2.16. The third-order valence-corrected chi connectivity index (χ3v) is 3.29. The highest BCUT2D eigenvalue weighted by Crippen LogP contribution is 2.11. The molecule has 1 amide bonds. The third kappa shape index (κ3) is 3.93. The van der Waals surface area contributed by atoms with Crippen LogP contribution in [0.4, 0.5) is 0 Å². The predicted molar refractivity (Wildman–Crippen MR) is 81.1 cm³/mol. The maximum absolute atomic E-state index is 12.1. The molecule has 0 fully saturated rings. The molecule has 2 rings (SSSR count). The van der Waals surface area contributed by atoms with Crippen LogP contribution in [0.15, 0.2) is 60.7 Å². The summed E-state index contributed by atoms with van der Waals surface area (Å²) in [5, 5.41) is 2.95. The average molecular weight is 268 g/mol. The Kier molecular flexibility index (Phi) is 4.91. The van der Waals surface area contributed by atoms with E-state index < -0.39 is 6.04 Å². The summed E-state index contributed by atoms with van der Waals surface area (Å²) in [4.78, 5) is 12.1. The molecule has 0 aromatic heterocycles. The Morgan fingerprint density at radius 1 is 1.05 bits per heavy atom. The Hall–Kier alpha value is -2.13. The smallest absolute Gasteiger partial charge is 0.237 e. The van der Waals surface area contributed by atoms with Crippen molar-refractivity contribution in [2.45, 2.75) is 25.4 Å². The molecule has 3 heteroatoms. The minimum absolute atomic E-state index is 0.0366. The number of hydrogen-bond donors (Lipinski definition) is 2. The first-order valence-corrected chi connectivity index (χ1v) is 6.81. The van der Waals surface area contributed by atoms with Crippen molar-refractivity contribution in [3.05, 3.63) is 71.8 Å². The lowest BCUT2D eigenvalue weighted by Gasteiger charge is -2.18. The van der Waals surface area contributed by atoms with E-state index in [1.165, 1.54) is 0 Å².